The summed E-state index contributed by atoms with van der Waals surface area (Å²) in [6.07, 6.45) is 15.7. The van der Waals surface area contributed by atoms with Gasteiger partial charge in [0.1, 0.15) is 0 Å². The number of carbonyl (C=O) groups is 1. The van der Waals surface area contributed by atoms with E-state index in [4.69, 9.17) is 5.73 Å². The topological polar surface area (TPSA) is 58.4 Å². The van der Waals surface area contributed by atoms with E-state index in [1.165, 1.54) is 37.3 Å². The third kappa shape index (κ3) is 3.84. The van der Waals surface area contributed by atoms with E-state index in [1.54, 1.807) is 6.20 Å². The first-order chi connectivity index (χ1) is 11.8. The largest absolute Gasteiger partial charge is 0.351 e. The number of nitrogens with two attached hydrogens (primary N) is 1. The molecule has 2 heterocycles. The Morgan fingerprint density at radius 3 is 2.42 bits per heavy atom. The van der Waals surface area contributed by atoms with Gasteiger partial charge < -0.3 is 11.1 Å². The number of hydrogen-bond acceptors (Lipinski definition) is 2. The van der Waals surface area contributed by atoms with Crippen molar-refractivity contribution in [3.8, 4) is 0 Å². The summed E-state index contributed by atoms with van der Waals surface area (Å²) in [5.74, 6) is 0. The van der Waals surface area contributed by atoms with Gasteiger partial charge in [-0.3, -0.25) is 4.90 Å². The summed E-state index contributed by atoms with van der Waals surface area (Å²) in [6.45, 7) is 2.50. The normalized spacial score (nSPS) is 18.2. The first-order valence-electron chi connectivity index (χ1n) is 8.43. The first-order valence-corrected chi connectivity index (χ1v) is 8.43. The van der Waals surface area contributed by atoms with Gasteiger partial charge in [-0.05, 0) is 54.8 Å². The van der Waals surface area contributed by atoms with Crippen LogP contribution in [0.5, 0.6) is 0 Å². The molecule has 0 atom stereocenters. The van der Waals surface area contributed by atoms with E-state index in [-0.39, 0.29) is 0 Å². The molecular formula is C20H23N3O. The predicted molar refractivity (Wildman–Crippen MR) is 98.8 cm³/mol. The minimum Gasteiger partial charge on any atom is -0.351 e. The van der Waals surface area contributed by atoms with Gasteiger partial charge >= 0.3 is 6.03 Å². The molecule has 3 N–H and O–H groups in total. The molecule has 0 aromatic heterocycles. The van der Waals surface area contributed by atoms with Crippen LogP contribution in [0.2, 0.25) is 0 Å². The highest BCUT2D eigenvalue weighted by Gasteiger charge is 2.19. The maximum absolute atomic E-state index is 11.4. The van der Waals surface area contributed by atoms with Crippen LogP contribution in [0, 0.1) is 0 Å². The summed E-state index contributed by atoms with van der Waals surface area (Å²) in [7, 11) is 0. The second-order valence-corrected chi connectivity index (χ2v) is 5.97. The van der Waals surface area contributed by atoms with E-state index in [2.05, 4.69) is 5.32 Å². The van der Waals surface area contributed by atoms with Gasteiger partial charge in [0.2, 0.25) is 0 Å². The molecular weight excluding hydrogens is 298 g/mol. The second kappa shape index (κ2) is 7.79. The number of urea groups is 1. The van der Waals surface area contributed by atoms with Gasteiger partial charge in [-0.2, -0.15) is 0 Å². The molecule has 0 unspecified atom stereocenters. The Balaban J connectivity index is 0.000000238. The number of allylic oxidation sites excluding steroid dienone is 3. The van der Waals surface area contributed by atoms with Crippen molar-refractivity contribution in [2.24, 2.45) is 5.73 Å². The molecule has 2 amide bonds. The van der Waals surface area contributed by atoms with Gasteiger partial charge in [-0.1, -0.05) is 48.9 Å². The van der Waals surface area contributed by atoms with Crippen LogP contribution >= 0.6 is 0 Å². The molecule has 4 rings (SSSR count). The lowest BCUT2D eigenvalue weighted by atomic mass is 10.1. The molecule has 0 saturated carbocycles. The number of benzene rings is 1. The standard InChI is InChI=1S/C15H12N2O.C5H11N/c16-15(18)17-9-3-6-12-8-7-11-4-1-2-5-13(11)10-14(12)17;1-2-4-6-5-3-1/h1-10H,(H2,16,18);6H,1-5H2. The third-order valence-corrected chi connectivity index (χ3v) is 4.24. The molecule has 2 aliphatic heterocycles. The zero-order chi connectivity index (χ0) is 16.8. The van der Waals surface area contributed by atoms with Crippen molar-refractivity contribution < 1.29 is 4.79 Å². The number of rotatable bonds is 0. The summed E-state index contributed by atoms with van der Waals surface area (Å²) in [5, 5.41) is 3.28. The third-order valence-electron chi connectivity index (χ3n) is 4.24. The van der Waals surface area contributed by atoms with E-state index in [9.17, 15) is 4.79 Å². The van der Waals surface area contributed by atoms with Gasteiger partial charge in [0.25, 0.3) is 0 Å². The Morgan fingerprint density at radius 2 is 1.79 bits per heavy atom. The highest BCUT2D eigenvalue weighted by Crippen LogP contribution is 2.29. The molecule has 1 fully saturated rings. The highest BCUT2D eigenvalue weighted by molar-refractivity contribution is 5.83. The second-order valence-electron chi connectivity index (χ2n) is 5.97. The Kier molecular flexibility index (Phi) is 5.29. The lowest BCUT2D eigenvalue weighted by Crippen LogP contribution is -2.31. The zero-order valence-corrected chi connectivity index (χ0v) is 13.7. The average Bonchev–Trinajstić information content (AvgIpc) is 2.82. The molecule has 124 valence electrons. The van der Waals surface area contributed by atoms with Crippen LogP contribution in [-0.4, -0.2) is 24.0 Å². The lowest BCUT2D eigenvalue weighted by molar-refractivity contribution is 0.233. The number of nitrogens with one attached hydrogen (secondary N) is 1. The van der Waals surface area contributed by atoms with Crippen LogP contribution in [0.25, 0.3) is 12.2 Å². The summed E-state index contributed by atoms with van der Waals surface area (Å²) in [6, 6.07) is 7.56. The molecule has 1 aliphatic carbocycles. The smallest absolute Gasteiger partial charge is 0.323 e. The minimum absolute atomic E-state index is 0.476. The number of hydrogen-bond donors (Lipinski definition) is 2. The SMILES string of the molecule is C1CCNCC1.NC(=O)N1C=CC=C2C=Cc3ccccc3C=C21. The Morgan fingerprint density at radius 1 is 1.04 bits per heavy atom. The van der Waals surface area contributed by atoms with E-state index >= 15 is 0 Å². The number of piperidine rings is 1. The highest BCUT2D eigenvalue weighted by atomic mass is 16.2. The first kappa shape index (κ1) is 16.3. The molecule has 0 spiro atoms. The summed E-state index contributed by atoms with van der Waals surface area (Å²) in [4.78, 5) is 12.9. The molecule has 1 aromatic rings. The molecule has 1 saturated heterocycles. The molecule has 3 aliphatic rings. The van der Waals surface area contributed by atoms with Gasteiger partial charge in [0.05, 0.1) is 5.70 Å². The van der Waals surface area contributed by atoms with E-state index in [1.807, 2.05) is 54.6 Å². The van der Waals surface area contributed by atoms with Crippen molar-refractivity contribution in [2.75, 3.05) is 13.1 Å². The molecule has 0 radical (unpaired) electrons. The monoisotopic (exact) mass is 321 g/mol. The Hall–Kier alpha value is -2.59. The molecule has 1 aromatic carbocycles. The van der Waals surface area contributed by atoms with E-state index in [0.717, 1.165) is 22.4 Å². The predicted octanol–water partition coefficient (Wildman–Crippen LogP) is 3.65. The Bertz CT molecular complexity index is 713. The average molecular weight is 321 g/mol. The fourth-order valence-corrected chi connectivity index (χ4v) is 2.95. The maximum Gasteiger partial charge on any atom is 0.323 e. The van der Waals surface area contributed by atoms with Crippen molar-refractivity contribution in [1.82, 2.24) is 10.2 Å². The molecule has 24 heavy (non-hydrogen) atoms. The number of fused-ring (bicyclic) bond motifs is 2. The number of nitrogens with zero attached hydrogens (tertiary/aromatic N) is 1. The number of amides is 2. The van der Waals surface area contributed by atoms with Gasteiger partial charge in [-0.15, -0.1) is 0 Å². The fraction of sp³-hybridized carbons (Fsp3) is 0.250. The Labute approximate surface area is 143 Å². The fourth-order valence-electron chi connectivity index (χ4n) is 2.95. The number of primary amides is 1. The maximum atomic E-state index is 11.4. The molecule has 4 nitrogen and oxygen atoms in total. The summed E-state index contributed by atoms with van der Waals surface area (Å²) < 4.78 is 0. The zero-order valence-electron chi connectivity index (χ0n) is 13.7. The van der Waals surface area contributed by atoms with Crippen LogP contribution in [0.3, 0.4) is 0 Å². The minimum atomic E-state index is -0.476. The van der Waals surface area contributed by atoms with E-state index in [0.29, 0.717) is 0 Å². The van der Waals surface area contributed by atoms with Crippen molar-refractivity contribution in [2.45, 2.75) is 19.3 Å². The van der Waals surface area contributed by atoms with Crippen LogP contribution < -0.4 is 11.1 Å². The summed E-state index contributed by atoms with van der Waals surface area (Å²) in [5.41, 5.74) is 9.39. The van der Waals surface area contributed by atoms with Crippen LogP contribution in [0.15, 0.2) is 60.0 Å². The van der Waals surface area contributed by atoms with Gasteiger partial charge in [0.15, 0.2) is 0 Å². The van der Waals surface area contributed by atoms with Crippen LogP contribution in [-0.2, 0) is 0 Å². The van der Waals surface area contributed by atoms with Crippen LogP contribution in [0.1, 0.15) is 30.4 Å². The van der Waals surface area contributed by atoms with Gasteiger partial charge in [0, 0.05) is 6.20 Å². The van der Waals surface area contributed by atoms with Crippen molar-refractivity contribution in [3.63, 3.8) is 0 Å². The molecule has 0 bridgehead atoms. The van der Waals surface area contributed by atoms with Crippen molar-refractivity contribution >= 4 is 18.2 Å². The van der Waals surface area contributed by atoms with Crippen molar-refractivity contribution in [3.05, 3.63) is 71.1 Å². The van der Waals surface area contributed by atoms with Crippen molar-refractivity contribution in [1.29, 1.82) is 0 Å². The number of carbonyl (C=O) groups excluding carboxylic acids is 1. The van der Waals surface area contributed by atoms with E-state index < -0.39 is 6.03 Å². The van der Waals surface area contributed by atoms with Crippen LogP contribution in [0.4, 0.5) is 4.79 Å². The molecule has 4 heteroatoms. The summed E-state index contributed by atoms with van der Waals surface area (Å²) >= 11 is 0. The quantitative estimate of drug-likeness (QED) is 0.766. The lowest BCUT2D eigenvalue weighted by Gasteiger charge is -2.22. The van der Waals surface area contributed by atoms with Gasteiger partial charge in [-0.25, -0.2) is 4.79 Å².